The molecule has 622 valence electrons. The van der Waals surface area contributed by atoms with Gasteiger partial charge in [0.1, 0.15) is 28.4 Å². The molecule has 0 radical (unpaired) electrons. The molecular weight excluding hydrogens is 1690 g/mol. The molecule has 13 aromatic rings. The number of rotatable bonds is 27. The molecule has 13 rings (SSSR count). The van der Waals surface area contributed by atoms with E-state index in [2.05, 4.69) is 66.5 Å². The number of hydrogen-bond donors (Lipinski definition) is 2. The molecule has 0 saturated carbocycles. The smallest absolute Gasteiger partial charge is 0.291 e. The molecule has 0 aliphatic heterocycles. The highest BCUT2D eigenvalue weighted by atomic mass is 35.5. The minimum absolute atomic E-state index is 0.0102. The number of aromatic nitrogens is 15. The lowest BCUT2D eigenvalue weighted by atomic mass is 10.1. The Morgan fingerprint density at radius 3 is 1.15 bits per heavy atom. The van der Waals surface area contributed by atoms with Gasteiger partial charge in [0, 0.05) is 117 Å². The van der Waals surface area contributed by atoms with Crippen LogP contribution in [0, 0.1) is 17.8 Å². The van der Waals surface area contributed by atoms with Crippen LogP contribution >= 0.6 is 92.4 Å². The number of pyridine rings is 5. The van der Waals surface area contributed by atoms with Crippen molar-refractivity contribution >= 4 is 162 Å². The highest BCUT2D eigenvalue weighted by molar-refractivity contribution is 8.14. The van der Waals surface area contributed by atoms with Crippen LogP contribution in [0.15, 0.2) is 258 Å². The minimum Gasteiger partial charge on any atom is -0.405 e. The summed E-state index contributed by atoms with van der Waals surface area (Å²) in [6.45, 7) is 11.3. The van der Waals surface area contributed by atoms with E-state index in [9.17, 15) is 24.0 Å². The molecule has 12 aromatic heterocycles. The average molecular weight is 1770 g/mol. The van der Waals surface area contributed by atoms with E-state index in [4.69, 9.17) is 69.5 Å². The lowest BCUT2D eigenvalue weighted by Crippen LogP contribution is -2.35. The molecule has 3 atom stereocenters. The Kier molecular flexibility index (Phi) is 36.0. The first kappa shape index (κ1) is 91.9. The topological polar surface area (TPSA) is 332 Å². The number of halogens is 5. The Hall–Kier alpha value is -12.0. The van der Waals surface area contributed by atoms with Crippen LogP contribution in [-0.4, -0.2) is 162 Å². The molecule has 4 N–H and O–H groups in total. The van der Waals surface area contributed by atoms with E-state index >= 15 is 0 Å². The molecule has 29 nitrogen and oxygen atoms in total. The number of carbonyl (C=O) groups excluding carboxylic acids is 5. The molecule has 0 saturated heterocycles. The fraction of sp³-hybridized carbons (Fsp3) is 0.217. The number of amides is 5. The van der Waals surface area contributed by atoms with Crippen molar-refractivity contribution in [3.63, 3.8) is 0 Å². The number of benzene rings is 1. The highest BCUT2D eigenvalue weighted by Crippen LogP contribution is 2.34. The van der Waals surface area contributed by atoms with Crippen molar-refractivity contribution in [3.05, 3.63) is 279 Å². The van der Waals surface area contributed by atoms with Gasteiger partial charge in [0.25, 0.3) is 5.24 Å². The maximum atomic E-state index is 12.9. The predicted octanol–water partition coefficient (Wildman–Crippen LogP) is 16.6. The summed E-state index contributed by atoms with van der Waals surface area (Å²) in [5.74, 6) is -0.708. The van der Waals surface area contributed by atoms with Crippen molar-refractivity contribution in [3.8, 4) is 28.4 Å². The molecule has 1 aromatic carbocycles. The van der Waals surface area contributed by atoms with E-state index in [0.717, 1.165) is 57.9 Å². The maximum absolute atomic E-state index is 12.9. The van der Waals surface area contributed by atoms with E-state index in [-0.39, 0.29) is 73.7 Å². The summed E-state index contributed by atoms with van der Waals surface area (Å²) < 4.78 is 8.05. The van der Waals surface area contributed by atoms with Gasteiger partial charge in [0.05, 0.1) is 103 Å². The summed E-state index contributed by atoms with van der Waals surface area (Å²) in [5.41, 5.74) is 17.2. The number of thiophene rings is 2. The molecule has 3 unspecified atom stereocenters. The van der Waals surface area contributed by atoms with Crippen molar-refractivity contribution in [1.29, 1.82) is 0 Å². The van der Waals surface area contributed by atoms with Crippen LogP contribution in [-0.2, 0) is 32.0 Å². The molecule has 12 heterocycles. The van der Waals surface area contributed by atoms with Gasteiger partial charge in [-0.05, 0) is 159 Å². The zero-order valence-electron chi connectivity index (χ0n) is 66.6. The standard InChI is InChI=1S/C18H19ClN4OS.C17H17ClN4OS.C17H15ClN4OS.C16H19ClN6O.C15H17ClN6O/c1-3-22(18(24)13(2)10-15-7-5-9-25-15)16-12-23(21-17(16)19)14-6-4-8-20-11-14;1-12(9-14-6-4-8-24-14)17(23)21(2)15-11-22(20-16(15)18)13-5-3-7-19-10-13;1-2-21(17(23)24-14-8-4-3-5-9-14)15-12-22(20-16(15)18)13-7-6-10-19-11-13;1-12(9-19-8-4-6-18)16(24)22(2)14-11-23(21-15(14)17)13-5-3-7-20-10-13;1-21(14(23)5-9-18-8-3-6-17)13-11-22(20-15(13)16)12-4-2-7-19-10-12/h4-9,11-13H,3,10H2,1-2H3;3-8,10-12H,9H2,1-2H3;3-12H,2H2,1H3;3-8,10-12H,9,18H2,1-2H3;2-4,6-8,10-11H,5,9,17H2,1H3. The van der Waals surface area contributed by atoms with Crippen LogP contribution in [0.3, 0.4) is 0 Å². The molecule has 0 bridgehead atoms. The van der Waals surface area contributed by atoms with Crippen LogP contribution < -0.4 is 36.0 Å². The van der Waals surface area contributed by atoms with Crippen molar-refractivity contribution < 1.29 is 24.0 Å². The van der Waals surface area contributed by atoms with Crippen LogP contribution in [0.4, 0.5) is 33.2 Å². The summed E-state index contributed by atoms with van der Waals surface area (Å²) in [7, 11) is 5.05. The normalized spacial score (nSPS) is 11.8. The summed E-state index contributed by atoms with van der Waals surface area (Å²) in [6, 6.07) is 36.0. The maximum Gasteiger partial charge on any atom is 0.291 e. The summed E-state index contributed by atoms with van der Waals surface area (Å²) >= 11 is 35.6. The molecule has 0 aliphatic carbocycles. The van der Waals surface area contributed by atoms with Crippen LogP contribution in [0.5, 0.6) is 0 Å². The Bertz CT molecular complexity index is 5490. The predicted molar refractivity (Wildman–Crippen MR) is 482 cm³/mol. The van der Waals surface area contributed by atoms with Gasteiger partial charge >= 0.3 is 0 Å². The van der Waals surface area contributed by atoms with Crippen LogP contribution in [0.25, 0.3) is 28.4 Å². The zero-order chi connectivity index (χ0) is 86.0. The SMILES string of the molecule is CC(CN=CC=CN)C(=O)N(C)c1cn(-c2cccnc2)nc1Cl.CC(Cc1cccs1)C(=O)N(C)c1cn(-c2cccnc2)nc1Cl.CCN(C(=O)C(C)Cc1cccs1)c1cn(-c2cccnc2)nc1Cl.CCN(C(=O)Sc1ccccc1)c1cn(-c2cccnc2)nc1Cl.CN(C(=O)CCN=CC=CN)c1cn(-c2cccnc2)nc1Cl. The summed E-state index contributed by atoms with van der Waals surface area (Å²) in [4.78, 5) is 103. The van der Waals surface area contributed by atoms with E-state index in [1.54, 1.807) is 212 Å². The second-order valence-corrected chi connectivity index (χ2v) is 30.8. The number of aliphatic imine (C=N–C) groups is 2. The Balaban J connectivity index is 0.000000171. The Morgan fingerprint density at radius 1 is 0.442 bits per heavy atom. The highest BCUT2D eigenvalue weighted by Gasteiger charge is 2.28. The first-order valence-electron chi connectivity index (χ1n) is 37.3. The second kappa shape index (κ2) is 47.0. The first-order chi connectivity index (χ1) is 58.0. The molecule has 0 fully saturated rings. The van der Waals surface area contributed by atoms with E-state index < -0.39 is 0 Å². The second-order valence-electron chi connectivity index (χ2n) is 25.9. The largest absolute Gasteiger partial charge is 0.405 e. The molecule has 5 amide bonds. The fourth-order valence-corrected chi connectivity index (χ4v) is 14.9. The monoisotopic (exact) mass is 1770 g/mol. The number of nitrogens with zero attached hydrogens (tertiary/aromatic N) is 22. The van der Waals surface area contributed by atoms with Gasteiger partial charge in [-0.15, -0.1) is 22.7 Å². The van der Waals surface area contributed by atoms with Crippen molar-refractivity contribution in [2.24, 2.45) is 39.2 Å². The third kappa shape index (κ3) is 26.2. The lowest BCUT2D eigenvalue weighted by molar-refractivity contribution is -0.122. The number of carbonyl (C=O) groups is 5. The number of anilines is 5. The van der Waals surface area contributed by atoms with Gasteiger partial charge in [0.15, 0.2) is 25.8 Å². The van der Waals surface area contributed by atoms with Crippen LogP contribution in [0.1, 0.15) is 50.8 Å². The molecule has 0 aliphatic rings. The van der Waals surface area contributed by atoms with Gasteiger partial charge in [-0.2, -0.15) is 25.5 Å². The Labute approximate surface area is 731 Å². The summed E-state index contributed by atoms with van der Waals surface area (Å²) in [6.07, 6.45) is 36.3. The molecule has 37 heteroatoms. The number of hydrogen-bond acceptors (Lipinski definition) is 22. The van der Waals surface area contributed by atoms with E-state index in [1.165, 1.54) is 32.0 Å². The molecular formula is C83H87Cl5N24O5S3. The first-order valence-corrected chi connectivity index (χ1v) is 41.7. The molecule has 120 heavy (non-hydrogen) atoms. The summed E-state index contributed by atoms with van der Waals surface area (Å²) in [5, 5.41) is 26.6. The third-order valence-electron chi connectivity index (χ3n) is 17.5. The Morgan fingerprint density at radius 2 is 0.792 bits per heavy atom. The van der Waals surface area contributed by atoms with Crippen molar-refractivity contribution in [2.45, 2.75) is 58.8 Å². The zero-order valence-corrected chi connectivity index (χ0v) is 72.8. The minimum atomic E-state index is -0.296. The van der Waals surface area contributed by atoms with E-state index in [0.29, 0.717) is 59.8 Å². The van der Waals surface area contributed by atoms with Crippen LogP contribution in [0.2, 0.25) is 25.8 Å². The third-order valence-corrected chi connectivity index (χ3v) is 21.5. The van der Waals surface area contributed by atoms with Crippen molar-refractivity contribution in [1.82, 2.24) is 73.8 Å². The van der Waals surface area contributed by atoms with Gasteiger partial charge < -0.3 is 31.1 Å². The van der Waals surface area contributed by atoms with Gasteiger partial charge in [-0.3, -0.25) is 63.8 Å². The molecule has 0 spiro atoms. The average Bonchev–Trinajstić information content (AvgIpc) is 1.69. The number of allylic oxidation sites excluding steroid dienone is 2. The fourth-order valence-electron chi connectivity index (χ4n) is 11.2. The van der Waals surface area contributed by atoms with E-state index in [1.807, 2.05) is 142 Å². The number of nitrogens with two attached hydrogens (primary N) is 2. The van der Waals surface area contributed by atoms with Gasteiger partial charge in [-0.25, -0.2) is 23.4 Å². The van der Waals surface area contributed by atoms with Gasteiger partial charge in [-0.1, -0.05) is 109 Å². The van der Waals surface area contributed by atoms with Gasteiger partial charge in [0.2, 0.25) is 23.6 Å². The quantitative estimate of drug-likeness (QED) is 0.0357. The number of thioether (sulfide) groups is 1. The lowest BCUT2D eigenvalue weighted by Gasteiger charge is -2.23. The van der Waals surface area contributed by atoms with Crippen molar-refractivity contribution in [2.75, 3.05) is 71.8 Å².